The summed E-state index contributed by atoms with van der Waals surface area (Å²) in [6, 6.07) is 12.3. The topological polar surface area (TPSA) is 92.8 Å². The predicted octanol–water partition coefficient (Wildman–Crippen LogP) is 3.56. The van der Waals surface area contributed by atoms with Crippen LogP contribution in [0.15, 0.2) is 53.4 Å². The number of likely N-dealkylation sites (tertiary alicyclic amines) is 1. The Kier molecular flexibility index (Phi) is 6.99. The van der Waals surface area contributed by atoms with E-state index in [0.29, 0.717) is 43.1 Å². The zero-order valence-electron chi connectivity index (χ0n) is 16.5. The molecule has 0 radical (unpaired) electrons. The number of rotatable bonds is 6. The number of amides is 1. The molecule has 0 aliphatic carbocycles. The van der Waals surface area contributed by atoms with E-state index in [1.165, 1.54) is 24.3 Å². The lowest BCUT2D eigenvalue weighted by Crippen LogP contribution is -2.40. The van der Waals surface area contributed by atoms with Gasteiger partial charge < -0.3 is 9.64 Å². The fourth-order valence-electron chi connectivity index (χ4n) is 3.29. The van der Waals surface area contributed by atoms with E-state index < -0.39 is 10.0 Å². The number of hydrogen-bond acceptors (Lipinski definition) is 5. The third-order valence-electron chi connectivity index (χ3n) is 4.93. The molecule has 1 heterocycles. The summed E-state index contributed by atoms with van der Waals surface area (Å²) in [4.78, 5) is 26.3. The second-order valence-electron chi connectivity index (χ2n) is 6.93. The summed E-state index contributed by atoms with van der Waals surface area (Å²) in [5, 5.41) is 0.291. The van der Waals surface area contributed by atoms with Crippen molar-refractivity contribution in [2.45, 2.75) is 24.7 Å². The fourth-order valence-corrected chi connectivity index (χ4v) is 4.60. The van der Waals surface area contributed by atoms with Crippen molar-refractivity contribution >= 4 is 39.2 Å². The Bertz CT molecular complexity index is 1020. The Morgan fingerprint density at radius 3 is 2.33 bits per heavy atom. The van der Waals surface area contributed by atoms with Gasteiger partial charge in [-0.2, -0.15) is 0 Å². The van der Waals surface area contributed by atoms with Crippen LogP contribution in [-0.2, 0) is 19.6 Å². The molecule has 1 N–H and O–H groups in total. The van der Waals surface area contributed by atoms with Gasteiger partial charge in [-0.1, -0.05) is 23.7 Å². The monoisotopic (exact) mass is 450 g/mol. The van der Waals surface area contributed by atoms with E-state index in [1.807, 2.05) is 0 Å². The zero-order chi connectivity index (χ0) is 21.7. The lowest BCUT2D eigenvalue weighted by atomic mass is 9.96. The Morgan fingerprint density at radius 2 is 1.73 bits per heavy atom. The highest BCUT2D eigenvalue weighted by atomic mass is 35.5. The lowest BCUT2D eigenvalue weighted by molar-refractivity contribution is -0.149. The van der Waals surface area contributed by atoms with E-state index >= 15 is 0 Å². The number of ether oxygens (including phenoxy) is 1. The van der Waals surface area contributed by atoms with Gasteiger partial charge in [0.2, 0.25) is 0 Å². The largest absolute Gasteiger partial charge is 0.466 e. The van der Waals surface area contributed by atoms with Crippen LogP contribution in [0.5, 0.6) is 0 Å². The SMILES string of the molecule is CCOC(=O)C1CCN(C(=O)c2ccc(S(=O)(=O)Nc3ccccc3Cl)cc2)CC1. The predicted molar refractivity (Wildman–Crippen MR) is 114 cm³/mol. The maximum Gasteiger partial charge on any atom is 0.309 e. The highest BCUT2D eigenvalue weighted by Crippen LogP contribution is 2.25. The van der Waals surface area contributed by atoms with Gasteiger partial charge in [0, 0.05) is 18.7 Å². The van der Waals surface area contributed by atoms with Crippen LogP contribution in [0, 0.1) is 5.92 Å². The van der Waals surface area contributed by atoms with Crippen molar-refractivity contribution in [3.05, 3.63) is 59.1 Å². The minimum Gasteiger partial charge on any atom is -0.466 e. The summed E-state index contributed by atoms with van der Waals surface area (Å²) in [5.74, 6) is -0.595. The zero-order valence-corrected chi connectivity index (χ0v) is 18.1. The molecule has 0 atom stereocenters. The molecule has 1 aliphatic rings. The van der Waals surface area contributed by atoms with Gasteiger partial charge in [0.25, 0.3) is 15.9 Å². The van der Waals surface area contributed by atoms with Crippen molar-refractivity contribution in [2.75, 3.05) is 24.4 Å². The molecule has 1 aliphatic heterocycles. The molecule has 0 bridgehead atoms. The Balaban J connectivity index is 1.65. The van der Waals surface area contributed by atoms with Crippen molar-refractivity contribution in [3.8, 4) is 0 Å². The number of hydrogen-bond donors (Lipinski definition) is 1. The number of carbonyl (C=O) groups excluding carboxylic acids is 2. The second-order valence-corrected chi connectivity index (χ2v) is 9.02. The number of para-hydroxylation sites is 1. The van der Waals surface area contributed by atoms with Crippen LogP contribution in [0.4, 0.5) is 5.69 Å². The summed E-state index contributed by atoms with van der Waals surface area (Å²) in [6.07, 6.45) is 1.11. The van der Waals surface area contributed by atoms with Gasteiger partial charge in [-0.15, -0.1) is 0 Å². The maximum atomic E-state index is 12.7. The van der Waals surface area contributed by atoms with Crippen molar-refractivity contribution in [2.24, 2.45) is 5.92 Å². The van der Waals surface area contributed by atoms with E-state index in [-0.39, 0.29) is 28.4 Å². The van der Waals surface area contributed by atoms with Crippen LogP contribution in [0.25, 0.3) is 0 Å². The van der Waals surface area contributed by atoms with E-state index in [1.54, 1.807) is 36.1 Å². The number of halogens is 1. The molecule has 0 saturated carbocycles. The van der Waals surface area contributed by atoms with Gasteiger partial charge in [0.05, 0.1) is 28.1 Å². The van der Waals surface area contributed by atoms with Crippen molar-refractivity contribution in [1.29, 1.82) is 0 Å². The van der Waals surface area contributed by atoms with Crippen molar-refractivity contribution in [1.82, 2.24) is 4.90 Å². The number of sulfonamides is 1. The van der Waals surface area contributed by atoms with Gasteiger partial charge in [0.15, 0.2) is 0 Å². The first-order valence-electron chi connectivity index (χ1n) is 9.65. The molecule has 1 fully saturated rings. The summed E-state index contributed by atoms with van der Waals surface area (Å²) < 4.78 is 32.6. The minimum absolute atomic E-state index is 0.0278. The lowest BCUT2D eigenvalue weighted by Gasteiger charge is -2.31. The maximum absolute atomic E-state index is 12.7. The summed E-state index contributed by atoms with van der Waals surface area (Å²) in [5.41, 5.74) is 0.671. The van der Waals surface area contributed by atoms with Gasteiger partial charge in [-0.25, -0.2) is 8.42 Å². The highest BCUT2D eigenvalue weighted by Gasteiger charge is 2.28. The van der Waals surface area contributed by atoms with Crippen LogP contribution in [0.3, 0.4) is 0 Å². The summed E-state index contributed by atoms with van der Waals surface area (Å²) in [6.45, 7) is 3.02. The smallest absolute Gasteiger partial charge is 0.309 e. The molecular weight excluding hydrogens is 428 g/mol. The molecule has 2 aromatic rings. The first-order valence-corrected chi connectivity index (χ1v) is 11.5. The Morgan fingerprint density at radius 1 is 1.10 bits per heavy atom. The summed E-state index contributed by atoms with van der Waals surface area (Å²) in [7, 11) is -3.84. The van der Waals surface area contributed by atoms with Crippen molar-refractivity contribution in [3.63, 3.8) is 0 Å². The quantitative estimate of drug-likeness (QED) is 0.679. The fraction of sp³-hybridized carbons (Fsp3) is 0.333. The normalized spacial score (nSPS) is 14.9. The van der Waals surface area contributed by atoms with E-state index in [0.717, 1.165) is 0 Å². The van der Waals surface area contributed by atoms with Crippen molar-refractivity contribution < 1.29 is 22.7 Å². The molecule has 1 amide bonds. The van der Waals surface area contributed by atoms with Crippen LogP contribution in [0.2, 0.25) is 5.02 Å². The molecule has 0 aromatic heterocycles. The highest BCUT2D eigenvalue weighted by molar-refractivity contribution is 7.92. The Labute approximate surface area is 181 Å². The molecule has 2 aromatic carbocycles. The number of anilines is 1. The molecule has 160 valence electrons. The molecule has 9 heteroatoms. The van der Waals surface area contributed by atoms with E-state index in [9.17, 15) is 18.0 Å². The average molecular weight is 451 g/mol. The molecule has 0 spiro atoms. The molecular formula is C21H23ClN2O5S. The van der Waals surface area contributed by atoms with Crippen LogP contribution < -0.4 is 4.72 Å². The number of piperidine rings is 1. The molecule has 3 rings (SSSR count). The first kappa shape index (κ1) is 22.1. The Hall–Kier alpha value is -2.58. The molecule has 1 saturated heterocycles. The standard InChI is InChI=1S/C21H23ClN2O5S/c1-2-29-21(26)16-11-13-24(14-12-16)20(25)15-7-9-17(10-8-15)30(27,28)23-19-6-4-3-5-18(19)22/h3-10,16,23H,2,11-14H2,1H3. The molecule has 30 heavy (non-hydrogen) atoms. The average Bonchev–Trinajstić information content (AvgIpc) is 2.75. The van der Waals surface area contributed by atoms with Gasteiger partial charge in [0.1, 0.15) is 0 Å². The van der Waals surface area contributed by atoms with Gasteiger partial charge in [-0.3, -0.25) is 14.3 Å². The second kappa shape index (κ2) is 9.49. The number of nitrogens with zero attached hydrogens (tertiary/aromatic N) is 1. The third-order valence-corrected chi connectivity index (χ3v) is 6.64. The van der Waals surface area contributed by atoms with Crippen LogP contribution in [0.1, 0.15) is 30.1 Å². The minimum atomic E-state index is -3.84. The van der Waals surface area contributed by atoms with Gasteiger partial charge in [-0.05, 0) is 56.2 Å². The third kappa shape index (κ3) is 5.12. The number of benzene rings is 2. The van der Waals surface area contributed by atoms with E-state index in [4.69, 9.17) is 16.3 Å². The summed E-state index contributed by atoms with van der Waals surface area (Å²) >= 11 is 6.01. The van der Waals surface area contributed by atoms with Crippen LogP contribution in [-0.4, -0.2) is 44.9 Å². The molecule has 7 nitrogen and oxygen atoms in total. The molecule has 0 unspecified atom stereocenters. The number of carbonyl (C=O) groups is 2. The first-order chi connectivity index (χ1) is 14.3. The van der Waals surface area contributed by atoms with Crippen LogP contribution >= 0.6 is 11.6 Å². The number of esters is 1. The number of nitrogens with one attached hydrogen (secondary N) is 1. The van der Waals surface area contributed by atoms with E-state index in [2.05, 4.69) is 4.72 Å². The van der Waals surface area contributed by atoms with Gasteiger partial charge >= 0.3 is 5.97 Å².